The molecule has 9 rings (SSSR count). The van der Waals surface area contributed by atoms with E-state index in [1.807, 2.05) is 6.20 Å². The van der Waals surface area contributed by atoms with Gasteiger partial charge in [0, 0.05) is 77.6 Å². The summed E-state index contributed by atoms with van der Waals surface area (Å²) < 4.78 is 9.60. The van der Waals surface area contributed by atoms with E-state index < -0.39 is 5.41 Å². The Hall–Kier alpha value is -5.90. The Labute approximate surface area is 471 Å². The molecule has 1 aliphatic heterocycles. The molecule has 0 saturated carbocycles. The Balaban J connectivity index is 0.00000765. The van der Waals surface area contributed by atoms with E-state index in [1.54, 1.807) is 0 Å². The van der Waals surface area contributed by atoms with Crippen LogP contribution in [0.5, 0.6) is 11.5 Å². The zero-order chi connectivity index (χ0) is 54.4. The van der Waals surface area contributed by atoms with E-state index >= 15 is 0 Å². The van der Waals surface area contributed by atoms with E-state index in [2.05, 4.69) is 298 Å². The van der Waals surface area contributed by atoms with E-state index in [9.17, 15) is 0 Å². The maximum Gasteiger partial charge on any atom is 0.135 e. The first-order valence-corrected chi connectivity index (χ1v) is 27.0. The van der Waals surface area contributed by atoms with Crippen LogP contribution >= 0.6 is 0 Å². The monoisotopic (exact) mass is 1190 g/mol. The third-order valence-electron chi connectivity index (χ3n) is 15.5. The number of fused-ring (bicyclic) bond motifs is 3. The summed E-state index contributed by atoms with van der Waals surface area (Å²) in [6.45, 7) is 46.3. The van der Waals surface area contributed by atoms with Gasteiger partial charge in [-0.15, -0.1) is 53.8 Å². The topological polar surface area (TPSA) is 33.5 Å². The number of ether oxygens (including phenoxy) is 1. The van der Waals surface area contributed by atoms with Crippen molar-refractivity contribution in [1.82, 2.24) is 9.55 Å². The zero-order valence-corrected chi connectivity index (χ0v) is 51.1. The number of pyridine rings is 1. The maximum absolute atomic E-state index is 7.32. The fourth-order valence-electron chi connectivity index (χ4n) is 10.9. The van der Waals surface area contributed by atoms with Crippen molar-refractivity contribution in [2.75, 3.05) is 9.80 Å². The van der Waals surface area contributed by atoms with Crippen molar-refractivity contribution in [1.29, 1.82) is 0 Å². The number of aromatic nitrogens is 2. The first kappa shape index (κ1) is 56.3. The van der Waals surface area contributed by atoms with Crippen molar-refractivity contribution in [3.8, 4) is 17.3 Å². The Morgan fingerprint density at radius 2 is 0.961 bits per heavy atom. The third-order valence-corrected chi connectivity index (χ3v) is 15.5. The molecule has 6 aromatic carbocycles. The van der Waals surface area contributed by atoms with Gasteiger partial charge in [0.15, 0.2) is 0 Å². The van der Waals surface area contributed by atoms with Crippen LogP contribution in [0, 0.1) is 29.6 Å². The van der Waals surface area contributed by atoms with Crippen LogP contribution in [0.4, 0.5) is 11.4 Å². The molecule has 76 heavy (non-hydrogen) atoms. The summed E-state index contributed by atoms with van der Waals surface area (Å²) in [7, 11) is 0. The van der Waals surface area contributed by atoms with E-state index in [1.165, 1.54) is 39.2 Å². The van der Waals surface area contributed by atoms with Gasteiger partial charge >= 0.3 is 0 Å². The minimum absolute atomic E-state index is 0. The van der Waals surface area contributed by atoms with Crippen LogP contribution in [0.15, 0.2) is 151 Å². The number of nitrogens with zero attached hydrogens (tertiary/aromatic N) is 4. The van der Waals surface area contributed by atoms with Gasteiger partial charge in [0.25, 0.3) is 0 Å². The first-order valence-electron chi connectivity index (χ1n) is 27.0. The summed E-state index contributed by atoms with van der Waals surface area (Å²) in [5, 5.41) is 2.28. The smallest absolute Gasteiger partial charge is 0.135 e. The molecule has 0 N–H and O–H groups in total. The minimum Gasteiger partial charge on any atom is -0.509 e. The molecule has 2 aromatic heterocycles. The second kappa shape index (κ2) is 19.8. The van der Waals surface area contributed by atoms with Crippen LogP contribution in [0.2, 0.25) is 0 Å². The van der Waals surface area contributed by atoms with Gasteiger partial charge < -0.3 is 19.1 Å². The SMILES string of the molecule is CC(C)(C)C1=C(C(C)(C)C)N(c2cc(C(C)(C)C)cc(C(C)(C)c3ccccc3)c2)[CH-]N1c1[c-]c(Oc2[c-]c3c(c(C(C)(C)c4ccccc4)c2)c2ccccc2n3-c2cc(C(C)(C)C)ccn2)cc(C(C)(C)C)c1.[Pt]. The summed E-state index contributed by atoms with van der Waals surface area (Å²) in [5.74, 6) is 2.10. The first-order chi connectivity index (χ1) is 34.8. The van der Waals surface area contributed by atoms with Gasteiger partial charge in [0.2, 0.25) is 0 Å². The molecular formula is C70H81N4OPt-3. The van der Waals surface area contributed by atoms with E-state index in [0.717, 1.165) is 50.1 Å². The Morgan fingerprint density at radius 3 is 1.54 bits per heavy atom. The van der Waals surface area contributed by atoms with Crippen LogP contribution in [0.25, 0.3) is 27.6 Å². The van der Waals surface area contributed by atoms with Gasteiger partial charge in [0.05, 0.1) is 0 Å². The zero-order valence-electron chi connectivity index (χ0n) is 48.9. The molecule has 0 amide bonds. The van der Waals surface area contributed by atoms with Gasteiger partial charge in [-0.05, 0) is 85.2 Å². The molecule has 3 heterocycles. The molecular weight excluding hydrogens is 1110 g/mol. The standard InChI is InChI=1S/C70H81N4O.Pt/c1-64(2,3)48-34-35-71-60(41-48)74-58-33-27-26-32-56(58)61-57(70(18,19)47-30-24-21-25-31-47)43-55(44-59(61)74)75-54-40-50(66(7,8)9)38-53(42-54)73-45-72(62(67(10,11)12)63(73)68(13,14)15)52-37-49(65(4,5)6)36-51(39-52)69(16,17)46-28-22-20-23-29-46;/h20-41,43,45H,1-19H3;/q-3;. The quantitative estimate of drug-likeness (QED) is 0.135. The molecule has 6 heteroatoms. The van der Waals surface area contributed by atoms with Gasteiger partial charge in [-0.3, -0.25) is 0 Å². The molecule has 0 bridgehead atoms. The summed E-state index contributed by atoms with van der Waals surface area (Å²) in [6, 6.07) is 56.5. The molecule has 1 aliphatic rings. The minimum atomic E-state index is -0.422. The average Bonchev–Trinajstić information content (AvgIpc) is 3.94. The van der Waals surface area contributed by atoms with Crippen LogP contribution in [-0.2, 0) is 48.1 Å². The van der Waals surface area contributed by atoms with Gasteiger partial charge in [-0.25, -0.2) is 4.98 Å². The van der Waals surface area contributed by atoms with Crippen molar-refractivity contribution in [2.24, 2.45) is 10.8 Å². The molecule has 5 nitrogen and oxygen atoms in total. The maximum atomic E-state index is 7.32. The average molecular weight is 1190 g/mol. The van der Waals surface area contributed by atoms with Crippen molar-refractivity contribution in [2.45, 2.75) is 159 Å². The Bertz CT molecular complexity index is 3450. The van der Waals surface area contributed by atoms with Gasteiger partial charge in [-0.2, -0.15) is 0 Å². The molecule has 400 valence electrons. The summed E-state index contributed by atoms with van der Waals surface area (Å²) in [4.78, 5) is 9.93. The number of rotatable bonds is 9. The third kappa shape index (κ3) is 10.7. The van der Waals surface area contributed by atoms with E-state index in [4.69, 9.17) is 9.72 Å². The Kier molecular flexibility index (Phi) is 14.7. The molecule has 8 aromatic rings. The van der Waals surface area contributed by atoms with Crippen molar-refractivity contribution < 1.29 is 25.8 Å². The second-order valence-electron chi connectivity index (χ2n) is 27.3. The van der Waals surface area contributed by atoms with E-state index in [-0.39, 0.29) is 53.6 Å². The fraction of sp³-hybridized carbons (Fsp3) is 0.371. The molecule has 0 unspecified atom stereocenters. The second-order valence-corrected chi connectivity index (χ2v) is 27.3. The van der Waals surface area contributed by atoms with Crippen molar-refractivity contribution in [3.63, 3.8) is 0 Å². The summed E-state index contributed by atoms with van der Waals surface area (Å²) in [6.07, 6.45) is 1.94. The number of benzene rings is 6. The van der Waals surface area contributed by atoms with Crippen LogP contribution < -0.4 is 14.5 Å². The Morgan fingerprint density at radius 1 is 0.447 bits per heavy atom. The molecule has 0 aliphatic carbocycles. The predicted octanol–water partition coefficient (Wildman–Crippen LogP) is 18.9. The molecule has 0 spiro atoms. The van der Waals surface area contributed by atoms with Crippen LogP contribution in [0.3, 0.4) is 0 Å². The number of allylic oxidation sites excluding steroid dienone is 2. The van der Waals surface area contributed by atoms with Gasteiger partial charge in [0.1, 0.15) is 5.82 Å². The predicted molar refractivity (Wildman–Crippen MR) is 318 cm³/mol. The molecule has 0 fully saturated rings. The molecule has 0 radical (unpaired) electrons. The van der Waals surface area contributed by atoms with Crippen molar-refractivity contribution >= 4 is 33.2 Å². The van der Waals surface area contributed by atoms with E-state index in [0.29, 0.717) is 11.5 Å². The largest absolute Gasteiger partial charge is 0.509 e. The normalized spacial score (nSPS) is 14.2. The number of hydrogen-bond donors (Lipinski definition) is 0. The van der Waals surface area contributed by atoms with Gasteiger partial charge in [-0.1, -0.05) is 227 Å². The number of anilines is 2. The fourth-order valence-corrected chi connectivity index (χ4v) is 10.9. The summed E-state index contributed by atoms with van der Waals surface area (Å²) in [5.41, 5.74) is 13.6. The van der Waals surface area contributed by atoms with Crippen molar-refractivity contribution in [3.05, 3.63) is 209 Å². The van der Waals surface area contributed by atoms with Crippen LogP contribution in [0.1, 0.15) is 170 Å². The molecule has 0 atom stereocenters. The summed E-state index contributed by atoms with van der Waals surface area (Å²) >= 11 is 0. The number of hydrogen-bond acceptors (Lipinski definition) is 4. The number of para-hydroxylation sites is 1. The van der Waals surface area contributed by atoms with Crippen LogP contribution in [-0.4, -0.2) is 9.55 Å². The molecule has 0 saturated heterocycles.